The van der Waals surface area contributed by atoms with E-state index in [9.17, 15) is 0 Å². The molecule has 3 rings (SSSR count). The van der Waals surface area contributed by atoms with Crippen molar-refractivity contribution < 1.29 is 0 Å². The zero-order valence-corrected chi connectivity index (χ0v) is 25.0. The van der Waals surface area contributed by atoms with E-state index < -0.39 is 16.1 Å². The number of halogens is 2. The third kappa shape index (κ3) is 9.42. The molecular weight excluding hydrogens is 475 g/mol. The molecule has 3 heterocycles. The number of nitrogens with zero attached hydrogens (tertiary/aromatic N) is 2. The van der Waals surface area contributed by atoms with Crippen LogP contribution in [0.25, 0.3) is 0 Å². The SMILES string of the molecule is C[Si](C)(CCCN1CCCCC1)c1ccc([Si](C)(C)CCCN2CCCCC2)s1.Cl.Cl. The van der Waals surface area contributed by atoms with E-state index in [4.69, 9.17) is 0 Å². The van der Waals surface area contributed by atoms with Crippen molar-refractivity contribution in [3.63, 3.8) is 0 Å². The summed E-state index contributed by atoms with van der Waals surface area (Å²) in [5.41, 5.74) is 0. The molecule has 0 aliphatic carbocycles. The highest BCUT2D eigenvalue weighted by Crippen LogP contribution is 2.21. The van der Waals surface area contributed by atoms with Crippen molar-refractivity contribution in [1.29, 1.82) is 0 Å². The molecule has 1 aromatic rings. The van der Waals surface area contributed by atoms with Crippen LogP contribution in [0.15, 0.2) is 12.1 Å². The summed E-state index contributed by atoms with van der Waals surface area (Å²) in [4.78, 5) is 5.43. The molecule has 2 saturated heterocycles. The topological polar surface area (TPSA) is 6.48 Å². The predicted octanol–water partition coefficient (Wildman–Crippen LogP) is 6.17. The van der Waals surface area contributed by atoms with Gasteiger partial charge in [0.15, 0.2) is 0 Å². The molecule has 0 N–H and O–H groups in total. The average Bonchev–Trinajstić information content (AvgIpc) is 3.22. The van der Waals surface area contributed by atoms with Gasteiger partial charge in [-0.1, -0.05) is 63.3 Å². The van der Waals surface area contributed by atoms with E-state index in [2.05, 4.69) is 59.5 Å². The minimum absolute atomic E-state index is 0. The first kappa shape index (κ1) is 29.7. The van der Waals surface area contributed by atoms with Crippen LogP contribution in [0, 0.1) is 0 Å². The van der Waals surface area contributed by atoms with Gasteiger partial charge in [-0.05, 0) is 86.8 Å². The maximum Gasteiger partial charge on any atom is 0.0934 e. The van der Waals surface area contributed by atoms with Gasteiger partial charge < -0.3 is 9.80 Å². The van der Waals surface area contributed by atoms with Gasteiger partial charge in [0.1, 0.15) is 0 Å². The summed E-state index contributed by atoms with van der Waals surface area (Å²) in [6, 6.07) is 7.99. The standard InChI is InChI=1S/C24H46N2SSi2.2ClH/c1-28(2,21-11-19-25-15-7-5-8-16-25)23-13-14-24(27-23)29(3,4)22-12-20-26-17-9-6-10-18-26;;/h13-14H,5-12,15-22H2,1-4H3;2*1H. The molecule has 0 unspecified atom stereocenters. The van der Waals surface area contributed by atoms with Crippen LogP contribution in [0.1, 0.15) is 51.4 Å². The number of hydrogen-bond donors (Lipinski definition) is 0. The van der Waals surface area contributed by atoms with Crippen LogP contribution in [-0.4, -0.2) is 65.2 Å². The highest BCUT2D eigenvalue weighted by Gasteiger charge is 2.30. The lowest BCUT2D eigenvalue weighted by atomic mass is 10.1. The number of piperidine rings is 2. The van der Waals surface area contributed by atoms with Crippen molar-refractivity contribution in [2.75, 3.05) is 39.3 Å². The second kappa shape index (κ2) is 14.1. The van der Waals surface area contributed by atoms with Gasteiger partial charge in [0.05, 0.1) is 16.1 Å². The molecule has 0 spiro atoms. The van der Waals surface area contributed by atoms with E-state index in [-0.39, 0.29) is 24.8 Å². The van der Waals surface area contributed by atoms with Gasteiger partial charge in [-0.3, -0.25) is 0 Å². The largest absolute Gasteiger partial charge is 0.303 e. The van der Waals surface area contributed by atoms with E-state index in [0.29, 0.717) is 0 Å². The predicted molar refractivity (Wildman–Crippen MR) is 152 cm³/mol. The fourth-order valence-electron chi connectivity index (χ4n) is 5.17. The summed E-state index contributed by atoms with van der Waals surface area (Å²) < 4.78 is 3.53. The van der Waals surface area contributed by atoms with Crippen LogP contribution in [0.4, 0.5) is 0 Å². The molecule has 2 aliphatic heterocycles. The summed E-state index contributed by atoms with van der Waals surface area (Å²) in [6.07, 6.45) is 11.4. The second-order valence-corrected chi connectivity index (χ2v) is 22.4. The van der Waals surface area contributed by atoms with E-state index >= 15 is 0 Å². The van der Waals surface area contributed by atoms with E-state index in [1.54, 1.807) is 9.00 Å². The summed E-state index contributed by atoms with van der Waals surface area (Å²) in [6.45, 7) is 18.5. The highest BCUT2D eigenvalue weighted by molar-refractivity contribution is 7.35. The zero-order chi connectivity index (χ0) is 20.7. The maximum atomic E-state index is 2.71. The fourth-order valence-corrected chi connectivity index (χ4v) is 13.1. The number of likely N-dealkylation sites (tertiary alicyclic amines) is 2. The lowest BCUT2D eigenvalue weighted by Crippen LogP contribution is -2.43. The first-order valence-electron chi connectivity index (χ1n) is 12.4. The Morgan fingerprint density at radius 1 is 0.645 bits per heavy atom. The highest BCUT2D eigenvalue weighted by atomic mass is 35.5. The normalized spacial score (nSPS) is 19.0. The van der Waals surface area contributed by atoms with Crippen molar-refractivity contribution in [3.05, 3.63) is 12.1 Å². The molecule has 0 saturated carbocycles. The van der Waals surface area contributed by atoms with E-state index in [1.807, 2.05) is 0 Å². The van der Waals surface area contributed by atoms with E-state index in [1.165, 1.54) is 103 Å². The van der Waals surface area contributed by atoms with Crippen LogP contribution < -0.4 is 9.00 Å². The number of thiophene rings is 1. The molecule has 0 atom stereocenters. The fraction of sp³-hybridized carbons (Fsp3) is 0.833. The van der Waals surface area contributed by atoms with Crippen LogP contribution in [0.5, 0.6) is 0 Å². The Morgan fingerprint density at radius 3 is 1.35 bits per heavy atom. The third-order valence-electron chi connectivity index (χ3n) is 7.39. The Morgan fingerprint density at radius 2 is 1.00 bits per heavy atom. The van der Waals surface area contributed by atoms with Crippen molar-refractivity contribution >= 4 is 61.3 Å². The van der Waals surface area contributed by atoms with Crippen LogP contribution in [0.3, 0.4) is 0 Å². The molecule has 31 heavy (non-hydrogen) atoms. The quantitative estimate of drug-likeness (QED) is 0.338. The molecule has 2 fully saturated rings. The molecule has 0 radical (unpaired) electrons. The number of rotatable bonds is 10. The Labute approximate surface area is 211 Å². The van der Waals surface area contributed by atoms with Crippen molar-refractivity contribution in [2.45, 2.75) is 89.6 Å². The zero-order valence-electron chi connectivity index (χ0n) is 20.6. The van der Waals surface area contributed by atoms with Gasteiger partial charge >= 0.3 is 0 Å². The third-order valence-corrected chi connectivity index (χ3v) is 18.2. The number of hydrogen-bond acceptors (Lipinski definition) is 3. The summed E-state index contributed by atoms with van der Waals surface area (Å²) in [7, 11) is -2.55. The van der Waals surface area contributed by atoms with Crippen molar-refractivity contribution in [3.8, 4) is 0 Å². The van der Waals surface area contributed by atoms with Gasteiger partial charge in [0, 0.05) is 0 Å². The Bertz CT molecular complexity index is 562. The Kier molecular flexibility index (Phi) is 13.5. The monoisotopic (exact) mass is 522 g/mol. The lowest BCUT2D eigenvalue weighted by Gasteiger charge is -2.29. The minimum atomic E-state index is -1.27. The summed E-state index contributed by atoms with van der Waals surface area (Å²) in [5.74, 6) is 0. The smallest absolute Gasteiger partial charge is 0.0934 e. The maximum absolute atomic E-state index is 2.71. The first-order valence-corrected chi connectivity index (χ1v) is 19.7. The first-order chi connectivity index (χ1) is 13.9. The molecule has 1 aromatic heterocycles. The molecule has 0 aromatic carbocycles. The van der Waals surface area contributed by atoms with Gasteiger partial charge in [-0.15, -0.1) is 24.8 Å². The van der Waals surface area contributed by atoms with E-state index in [0.717, 1.165) is 0 Å². The Hall–Kier alpha value is 0.634. The van der Waals surface area contributed by atoms with Gasteiger partial charge in [0.2, 0.25) is 0 Å². The van der Waals surface area contributed by atoms with Gasteiger partial charge in [-0.25, -0.2) is 0 Å². The summed E-state index contributed by atoms with van der Waals surface area (Å²) in [5, 5.41) is 0. The average molecular weight is 524 g/mol. The van der Waals surface area contributed by atoms with Crippen LogP contribution in [-0.2, 0) is 0 Å². The van der Waals surface area contributed by atoms with Gasteiger partial charge in [-0.2, -0.15) is 11.3 Å². The minimum Gasteiger partial charge on any atom is -0.303 e. The molecule has 2 nitrogen and oxygen atoms in total. The van der Waals surface area contributed by atoms with Crippen molar-refractivity contribution in [1.82, 2.24) is 9.80 Å². The molecule has 2 aliphatic rings. The second-order valence-electron chi connectivity index (χ2n) is 10.9. The molecular formula is C24H48Cl2N2SSi2. The molecule has 0 bridgehead atoms. The Balaban J connectivity index is 0.00000240. The lowest BCUT2D eigenvalue weighted by molar-refractivity contribution is 0.229. The van der Waals surface area contributed by atoms with Gasteiger partial charge in [0.25, 0.3) is 0 Å². The van der Waals surface area contributed by atoms with Crippen LogP contribution >= 0.6 is 36.2 Å². The molecule has 0 amide bonds. The molecule has 7 heteroatoms. The van der Waals surface area contributed by atoms with Crippen LogP contribution in [0.2, 0.25) is 38.3 Å². The van der Waals surface area contributed by atoms with Crippen molar-refractivity contribution in [2.24, 2.45) is 0 Å². The summed E-state index contributed by atoms with van der Waals surface area (Å²) >= 11 is 2.22. The molecule has 182 valence electrons.